The number of aromatic carboxylic acids is 1. The molecule has 0 saturated heterocycles. The van der Waals surface area contributed by atoms with Crippen LogP contribution in [0.25, 0.3) is 11.0 Å². The normalized spacial score (nSPS) is 11.2. The van der Waals surface area contributed by atoms with E-state index in [9.17, 15) is 9.59 Å². The number of carboxylic acids is 1. The SMILES string of the molecule is CC(C)Cn1c(=O)[nH]c2ccc(C(=O)O)cc21. The third-order valence-corrected chi connectivity index (χ3v) is 2.57. The van der Waals surface area contributed by atoms with E-state index in [1.165, 1.54) is 12.1 Å². The molecule has 0 spiro atoms. The summed E-state index contributed by atoms with van der Waals surface area (Å²) in [6.45, 7) is 4.58. The second-order valence-corrected chi connectivity index (χ2v) is 4.47. The van der Waals surface area contributed by atoms with E-state index in [1.807, 2.05) is 13.8 Å². The van der Waals surface area contributed by atoms with Crippen molar-refractivity contribution in [1.29, 1.82) is 0 Å². The van der Waals surface area contributed by atoms with Crippen LogP contribution in [0.15, 0.2) is 23.0 Å². The number of aromatic nitrogens is 2. The number of hydrogen-bond acceptors (Lipinski definition) is 2. The molecule has 0 radical (unpaired) electrons. The largest absolute Gasteiger partial charge is 0.478 e. The van der Waals surface area contributed by atoms with E-state index in [2.05, 4.69) is 4.98 Å². The summed E-state index contributed by atoms with van der Waals surface area (Å²) in [6, 6.07) is 4.63. The summed E-state index contributed by atoms with van der Waals surface area (Å²) in [5.41, 5.74) is 1.30. The quantitative estimate of drug-likeness (QED) is 0.848. The van der Waals surface area contributed by atoms with Gasteiger partial charge in [-0.15, -0.1) is 0 Å². The fourth-order valence-corrected chi connectivity index (χ4v) is 1.83. The van der Waals surface area contributed by atoms with Gasteiger partial charge in [-0.2, -0.15) is 0 Å². The van der Waals surface area contributed by atoms with Crippen LogP contribution < -0.4 is 5.69 Å². The highest BCUT2D eigenvalue weighted by Gasteiger charge is 2.11. The lowest BCUT2D eigenvalue weighted by atomic mass is 10.2. The van der Waals surface area contributed by atoms with Crippen molar-refractivity contribution in [2.45, 2.75) is 20.4 Å². The summed E-state index contributed by atoms with van der Waals surface area (Å²) in [5.74, 6) is -0.670. The van der Waals surface area contributed by atoms with Gasteiger partial charge in [0.25, 0.3) is 0 Å². The predicted octanol–water partition coefficient (Wildman–Crippen LogP) is 1.68. The molecule has 5 nitrogen and oxygen atoms in total. The average Bonchev–Trinajstić information content (AvgIpc) is 2.54. The predicted molar refractivity (Wildman–Crippen MR) is 64.4 cm³/mol. The molecule has 0 aliphatic heterocycles. The first kappa shape index (κ1) is 11.4. The Bertz CT molecular complexity index is 622. The molecule has 1 aromatic carbocycles. The summed E-state index contributed by atoms with van der Waals surface area (Å²) in [5, 5.41) is 8.93. The maximum atomic E-state index is 11.7. The fraction of sp³-hybridized carbons (Fsp3) is 0.333. The van der Waals surface area contributed by atoms with Gasteiger partial charge < -0.3 is 10.1 Å². The number of fused-ring (bicyclic) bond motifs is 1. The minimum atomic E-state index is -0.989. The lowest BCUT2D eigenvalue weighted by Gasteiger charge is -2.06. The molecule has 0 aliphatic rings. The van der Waals surface area contributed by atoms with Crippen molar-refractivity contribution < 1.29 is 9.90 Å². The molecule has 0 amide bonds. The Balaban J connectivity index is 2.65. The van der Waals surface area contributed by atoms with Crippen molar-refractivity contribution in [3.8, 4) is 0 Å². The molecule has 0 atom stereocenters. The number of nitrogens with one attached hydrogen (secondary N) is 1. The molecule has 0 aliphatic carbocycles. The zero-order valence-corrected chi connectivity index (χ0v) is 9.73. The molecule has 5 heteroatoms. The van der Waals surface area contributed by atoms with Gasteiger partial charge in [0.15, 0.2) is 0 Å². The monoisotopic (exact) mass is 234 g/mol. The molecule has 0 bridgehead atoms. The molecule has 2 N–H and O–H groups in total. The smallest absolute Gasteiger partial charge is 0.335 e. The van der Waals surface area contributed by atoms with Gasteiger partial charge in [0.05, 0.1) is 16.6 Å². The van der Waals surface area contributed by atoms with Crippen LogP contribution in [0.3, 0.4) is 0 Å². The standard InChI is InChI=1S/C12H14N2O3/c1-7(2)6-14-10-5-8(11(15)16)3-4-9(10)13-12(14)17/h3-5,7H,6H2,1-2H3,(H,13,17)(H,15,16). The number of nitrogens with zero attached hydrogens (tertiary/aromatic N) is 1. The summed E-state index contributed by atoms with van der Waals surface area (Å²) in [7, 11) is 0. The molecular formula is C12H14N2O3. The van der Waals surface area contributed by atoms with E-state index in [-0.39, 0.29) is 11.3 Å². The van der Waals surface area contributed by atoms with Crippen LogP contribution in [0, 0.1) is 5.92 Å². The average molecular weight is 234 g/mol. The second-order valence-electron chi connectivity index (χ2n) is 4.47. The van der Waals surface area contributed by atoms with E-state index in [4.69, 9.17) is 5.11 Å². The molecule has 1 heterocycles. The minimum Gasteiger partial charge on any atom is -0.478 e. The maximum Gasteiger partial charge on any atom is 0.335 e. The van der Waals surface area contributed by atoms with Crippen molar-refractivity contribution in [3.05, 3.63) is 34.2 Å². The van der Waals surface area contributed by atoms with Crippen LogP contribution in [-0.4, -0.2) is 20.6 Å². The first-order valence-corrected chi connectivity index (χ1v) is 5.45. The summed E-state index contributed by atoms with van der Waals surface area (Å²) >= 11 is 0. The molecule has 0 unspecified atom stereocenters. The number of imidazole rings is 1. The lowest BCUT2D eigenvalue weighted by Crippen LogP contribution is -2.19. The van der Waals surface area contributed by atoms with E-state index in [0.717, 1.165) is 0 Å². The van der Waals surface area contributed by atoms with Gasteiger partial charge in [-0.3, -0.25) is 4.57 Å². The molecule has 2 rings (SSSR count). The van der Waals surface area contributed by atoms with Gasteiger partial charge in [0.1, 0.15) is 0 Å². The van der Waals surface area contributed by atoms with Crippen LogP contribution in [0.2, 0.25) is 0 Å². The van der Waals surface area contributed by atoms with Crippen molar-refractivity contribution in [1.82, 2.24) is 9.55 Å². The van der Waals surface area contributed by atoms with Crippen LogP contribution in [0.1, 0.15) is 24.2 Å². The Morgan fingerprint density at radius 1 is 1.47 bits per heavy atom. The topological polar surface area (TPSA) is 75.1 Å². The van der Waals surface area contributed by atoms with Crippen molar-refractivity contribution in [2.75, 3.05) is 0 Å². The molecule has 90 valence electrons. The highest BCUT2D eigenvalue weighted by Crippen LogP contribution is 2.14. The summed E-state index contributed by atoms with van der Waals surface area (Å²) < 4.78 is 1.58. The van der Waals surface area contributed by atoms with Gasteiger partial charge in [-0.05, 0) is 24.1 Å². The number of H-pyrrole nitrogens is 1. The van der Waals surface area contributed by atoms with Gasteiger partial charge >= 0.3 is 11.7 Å². The number of hydrogen-bond donors (Lipinski definition) is 2. The first-order chi connectivity index (χ1) is 7.99. The zero-order chi connectivity index (χ0) is 12.6. The van der Waals surface area contributed by atoms with Crippen LogP contribution >= 0.6 is 0 Å². The van der Waals surface area contributed by atoms with Gasteiger partial charge in [-0.1, -0.05) is 13.8 Å². The van der Waals surface area contributed by atoms with Crippen LogP contribution in [-0.2, 0) is 6.54 Å². The van der Waals surface area contributed by atoms with E-state index >= 15 is 0 Å². The summed E-state index contributed by atoms with van der Waals surface area (Å²) in [6.07, 6.45) is 0. The van der Waals surface area contributed by atoms with Crippen LogP contribution in [0.4, 0.5) is 0 Å². The van der Waals surface area contributed by atoms with Crippen LogP contribution in [0.5, 0.6) is 0 Å². The second kappa shape index (κ2) is 4.08. The number of aromatic amines is 1. The number of rotatable bonds is 3. The Kier molecular flexibility index (Phi) is 2.75. The van der Waals surface area contributed by atoms with Gasteiger partial charge in [0, 0.05) is 6.54 Å². The summed E-state index contributed by atoms with van der Waals surface area (Å²) in [4.78, 5) is 25.3. The Morgan fingerprint density at radius 3 is 2.76 bits per heavy atom. The van der Waals surface area contributed by atoms with Crippen molar-refractivity contribution in [2.24, 2.45) is 5.92 Å². The third kappa shape index (κ3) is 2.08. The Labute approximate surface area is 97.7 Å². The molecule has 1 aromatic heterocycles. The number of carboxylic acid groups (broad SMARTS) is 1. The molecule has 17 heavy (non-hydrogen) atoms. The molecule has 0 fully saturated rings. The maximum absolute atomic E-state index is 11.7. The fourth-order valence-electron chi connectivity index (χ4n) is 1.83. The van der Waals surface area contributed by atoms with Crippen molar-refractivity contribution >= 4 is 17.0 Å². The first-order valence-electron chi connectivity index (χ1n) is 5.45. The Morgan fingerprint density at radius 2 is 2.18 bits per heavy atom. The van der Waals surface area contributed by atoms with E-state index in [0.29, 0.717) is 23.5 Å². The minimum absolute atomic E-state index is 0.189. The molecular weight excluding hydrogens is 220 g/mol. The lowest BCUT2D eigenvalue weighted by molar-refractivity contribution is 0.0697. The van der Waals surface area contributed by atoms with Gasteiger partial charge in [0.2, 0.25) is 0 Å². The van der Waals surface area contributed by atoms with E-state index in [1.54, 1.807) is 10.6 Å². The molecule has 2 aromatic rings. The number of benzene rings is 1. The third-order valence-electron chi connectivity index (χ3n) is 2.57. The molecule has 0 saturated carbocycles. The highest BCUT2D eigenvalue weighted by atomic mass is 16.4. The van der Waals surface area contributed by atoms with E-state index < -0.39 is 5.97 Å². The van der Waals surface area contributed by atoms with Crippen molar-refractivity contribution in [3.63, 3.8) is 0 Å². The Hall–Kier alpha value is -2.04. The zero-order valence-electron chi connectivity index (χ0n) is 9.73. The van der Waals surface area contributed by atoms with Gasteiger partial charge in [-0.25, -0.2) is 9.59 Å². The number of carbonyl (C=O) groups is 1. The highest BCUT2D eigenvalue weighted by molar-refractivity contribution is 5.92.